The molecular weight excluding hydrogens is 272 g/mol. The number of halogens is 1. The highest BCUT2D eigenvalue weighted by Crippen LogP contribution is 2.49. The van der Waals surface area contributed by atoms with Crippen LogP contribution >= 0.6 is 12.4 Å². The predicted octanol–water partition coefficient (Wildman–Crippen LogP) is 3.45. The smallest absolute Gasteiger partial charge is 0.228 e. The lowest BCUT2D eigenvalue weighted by Crippen LogP contribution is -2.26. The second kappa shape index (κ2) is 5.28. The van der Waals surface area contributed by atoms with E-state index >= 15 is 0 Å². The lowest BCUT2D eigenvalue weighted by molar-refractivity contribution is -0.121. The average Bonchev–Trinajstić information content (AvgIpc) is 3.31. The first kappa shape index (κ1) is 13.7. The van der Waals surface area contributed by atoms with E-state index in [1.54, 1.807) is 0 Å². The second-order valence-corrected chi connectivity index (χ2v) is 6.24. The molecule has 1 heterocycles. The summed E-state index contributed by atoms with van der Waals surface area (Å²) in [5.41, 5.74) is 3.52. The van der Waals surface area contributed by atoms with Crippen molar-refractivity contribution >= 4 is 29.7 Å². The van der Waals surface area contributed by atoms with Gasteiger partial charge >= 0.3 is 0 Å². The van der Waals surface area contributed by atoms with Crippen molar-refractivity contribution < 1.29 is 4.79 Å². The number of benzene rings is 1. The molecule has 1 amide bonds. The van der Waals surface area contributed by atoms with Crippen molar-refractivity contribution in [3.8, 4) is 0 Å². The van der Waals surface area contributed by atoms with Crippen LogP contribution in [0.3, 0.4) is 0 Å². The minimum Gasteiger partial charge on any atom is -0.384 e. The Bertz CT molecular complexity index is 511. The molecule has 0 saturated heterocycles. The van der Waals surface area contributed by atoms with Crippen molar-refractivity contribution in [2.75, 3.05) is 17.2 Å². The fraction of sp³-hybridized carbons (Fsp3) is 0.562. The third-order valence-corrected chi connectivity index (χ3v) is 4.65. The summed E-state index contributed by atoms with van der Waals surface area (Å²) in [5.74, 6) is 1.88. The summed E-state index contributed by atoms with van der Waals surface area (Å²) in [7, 11) is 0. The van der Waals surface area contributed by atoms with Gasteiger partial charge in [-0.1, -0.05) is 0 Å². The van der Waals surface area contributed by atoms with Crippen LogP contribution in [0.25, 0.3) is 0 Å². The molecule has 0 aromatic heterocycles. The summed E-state index contributed by atoms with van der Waals surface area (Å²) in [6.07, 6.45) is 6.07. The number of carbonyl (C=O) groups excluding carboxylic acids is 1. The van der Waals surface area contributed by atoms with Crippen LogP contribution in [-0.2, 0) is 11.2 Å². The van der Waals surface area contributed by atoms with E-state index < -0.39 is 0 Å². The molecule has 2 saturated carbocycles. The number of carbonyl (C=O) groups is 1. The van der Waals surface area contributed by atoms with Gasteiger partial charge in [-0.25, -0.2) is 0 Å². The molecule has 4 heteroatoms. The molecule has 0 atom stereocenters. The summed E-state index contributed by atoms with van der Waals surface area (Å²) in [5, 5.41) is 6.49. The number of amides is 1. The van der Waals surface area contributed by atoms with E-state index in [9.17, 15) is 4.79 Å². The molecule has 1 aliphatic heterocycles. The molecule has 0 spiro atoms. The summed E-state index contributed by atoms with van der Waals surface area (Å²) in [6.45, 7) is 1.01. The first-order chi connectivity index (χ1) is 9.31. The number of hydrogen-bond donors (Lipinski definition) is 2. The van der Waals surface area contributed by atoms with Gasteiger partial charge in [-0.05, 0) is 67.7 Å². The molecule has 3 aliphatic rings. The molecule has 0 unspecified atom stereocenters. The number of rotatable bonds is 4. The minimum atomic E-state index is 0. The third kappa shape index (κ3) is 2.64. The van der Waals surface area contributed by atoms with Crippen LogP contribution < -0.4 is 10.6 Å². The van der Waals surface area contributed by atoms with Gasteiger partial charge in [0.05, 0.1) is 0 Å². The largest absolute Gasteiger partial charge is 0.384 e. The predicted molar refractivity (Wildman–Crippen MR) is 83.5 cm³/mol. The molecule has 2 N–H and O–H groups in total. The standard InChI is InChI=1S/C16H20N2O.ClH/c19-16(15(10-1-2-10)11-3-4-11)18-13-5-6-14-12(9-13)7-8-17-14;/h5-6,9-11,15,17H,1-4,7-8H2,(H,18,19);1H. The molecule has 0 radical (unpaired) electrons. The lowest BCUT2D eigenvalue weighted by atomic mass is 9.97. The maximum atomic E-state index is 12.4. The second-order valence-electron chi connectivity index (χ2n) is 6.24. The molecule has 20 heavy (non-hydrogen) atoms. The van der Waals surface area contributed by atoms with Gasteiger partial charge < -0.3 is 10.6 Å². The Morgan fingerprint density at radius 2 is 1.90 bits per heavy atom. The third-order valence-electron chi connectivity index (χ3n) is 4.65. The summed E-state index contributed by atoms with van der Waals surface area (Å²) >= 11 is 0. The van der Waals surface area contributed by atoms with E-state index in [0.717, 1.165) is 18.7 Å². The molecule has 2 aliphatic carbocycles. The molecule has 0 bridgehead atoms. The van der Waals surface area contributed by atoms with E-state index in [1.807, 2.05) is 6.07 Å². The zero-order valence-corrected chi connectivity index (χ0v) is 12.3. The molecule has 2 fully saturated rings. The monoisotopic (exact) mass is 292 g/mol. The number of fused-ring (bicyclic) bond motifs is 1. The quantitative estimate of drug-likeness (QED) is 0.892. The Labute approximate surface area is 125 Å². The molecular formula is C16H21ClN2O. The van der Waals surface area contributed by atoms with Gasteiger partial charge in [0.25, 0.3) is 0 Å². The van der Waals surface area contributed by atoms with Crippen molar-refractivity contribution in [1.82, 2.24) is 0 Å². The topological polar surface area (TPSA) is 41.1 Å². The van der Waals surface area contributed by atoms with Gasteiger partial charge in [0, 0.05) is 23.8 Å². The van der Waals surface area contributed by atoms with Gasteiger partial charge in [0.1, 0.15) is 0 Å². The van der Waals surface area contributed by atoms with Gasteiger partial charge in [-0.2, -0.15) is 0 Å². The van der Waals surface area contributed by atoms with Crippen LogP contribution in [0, 0.1) is 17.8 Å². The van der Waals surface area contributed by atoms with Gasteiger partial charge in [-0.15, -0.1) is 12.4 Å². The van der Waals surface area contributed by atoms with Crippen LogP contribution in [0.5, 0.6) is 0 Å². The van der Waals surface area contributed by atoms with Crippen molar-refractivity contribution in [3.05, 3.63) is 23.8 Å². The lowest BCUT2D eigenvalue weighted by Gasteiger charge is -2.15. The van der Waals surface area contributed by atoms with Gasteiger partial charge in [0.2, 0.25) is 5.91 Å². The summed E-state index contributed by atoms with van der Waals surface area (Å²) in [6, 6.07) is 6.23. The summed E-state index contributed by atoms with van der Waals surface area (Å²) < 4.78 is 0. The van der Waals surface area contributed by atoms with Gasteiger partial charge in [-0.3, -0.25) is 4.79 Å². The van der Waals surface area contributed by atoms with Crippen LogP contribution in [0.1, 0.15) is 31.2 Å². The van der Waals surface area contributed by atoms with Crippen LogP contribution in [0.4, 0.5) is 11.4 Å². The maximum Gasteiger partial charge on any atom is 0.228 e. The van der Waals surface area contributed by atoms with E-state index in [2.05, 4.69) is 22.8 Å². The zero-order valence-electron chi connectivity index (χ0n) is 11.5. The fourth-order valence-electron chi connectivity index (χ4n) is 3.33. The highest BCUT2D eigenvalue weighted by atomic mass is 35.5. The van der Waals surface area contributed by atoms with Crippen molar-refractivity contribution in [1.29, 1.82) is 0 Å². The Hall–Kier alpha value is -1.22. The Balaban J connectivity index is 0.00000121. The number of hydrogen-bond acceptors (Lipinski definition) is 2. The normalized spacial score (nSPS) is 20.1. The van der Waals surface area contributed by atoms with Crippen molar-refractivity contribution in [2.24, 2.45) is 17.8 Å². The van der Waals surface area contributed by atoms with Gasteiger partial charge in [0.15, 0.2) is 0 Å². The SMILES string of the molecule is Cl.O=C(Nc1ccc2c(c1)CCN2)C(C1CC1)C1CC1. The van der Waals surface area contributed by atoms with E-state index in [0.29, 0.717) is 11.8 Å². The number of anilines is 2. The maximum absolute atomic E-state index is 12.4. The number of nitrogens with one attached hydrogen (secondary N) is 2. The molecule has 1 aromatic rings. The highest BCUT2D eigenvalue weighted by Gasteiger charge is 2.45. The van der Waals surface area contributed by atoms with Crippen LogP contribution in [-0.4, -0.2) is 12.5 Å². The Morgan fingerprint density at radius 1 is 1.20 bits per heavy atom. The fourth-order valence-corrected chi connectivity index (χ4v) is 3.33. The highest BCUT2D eigenvalue weighted by molar-refractivity contribution is 5.93. The zero-order chi connectivity index (χ0) is 12.8. The Kier molecular flexibility index (Phi) is 3.63. The van der Waals surface area contributed by atoms with Crippen molar-refractivity contribution in [3.63, 3.8) is 0 Å². The first-order valence-corrected chi connectivity index (χ1v) is 7.49. The summed E-state index contributed by atoms with van der Waals surface area (Å²) in [4.78, 5) is 12.4. The molecule has 1 aromatic carbocycles. The first-order valence-electron chi connectivity index (χ1n) is 7.49. The van der Waals surface area contributed by atoms with Crippen LogP contribution in [0.2, 0.25) is 0 Å². The molecule has 4 rings (SSSR count). The van der Waals surface area contributed by atoms with Crippen LogP contribution in [0.15, 0.2) is 18.2 Å². The molecule has 3 nitrogen and oxygen atoms in total. The molecule has 108 valence electrons. The minimum absolute atomic E-state index is 0. The van der Waals surface area contributed by atoms with E-state index in [1.165, 1.54) is 36.9 Å². The van der Waals surface area contributed by atoms with Crippen molar-refractivity contribution in [2.45, 2.75) is 32.1 Å². The van der Waals surface area contributed by atoms with E-state index in [-0.39, 0.29) is 24.2 Å². The Morgan fingerprint density at radius 3 is 2.55 bits per heavy atom. The van der Waals surface area contributed by atoms with E-state index in [4.69, 9.17) is 0 Å². The average molecular weight is 293 g/mol.